The topological polar surface area (TPSA) is 42.0 Å². The van der Waals surface area contributed by atoms with E-state index >= 15 is 0 Å². The Morgan fingerprint density at radius 1 is 1.21 bits per heavy atom. The van der Waals surface area contributed by atoms with E-state index in [2.05, 4.69) is 42.2 Å². The standard InChI is InChI=1S/C13H9Br2FN2O/c1-7-8(14)5-6-11(17-7)18-13(19)12-9(15)3-2-4-10(12)16/h2-6H,1H3,(H,17,18,19). The van der Waals surface area contributed by atoms with Gasteiger partial charge in [-0.3, -0.25) is 4.79 Å². The van der Waals surface area contributed by atoms with Gasteiger partial charge in [0.2, 0.25) is 0 Å². The first-order valence-corrected chi connectivity index (χ1v) is 6.96. The number of nitrogens with zero attached hydrogens (tertiary/aromatic N) is 1. The normalized spacial score (nSPS) is 10.3. The fourth-order valence-electron chi connectivity index (χ4n) is 1.51. The molecule has 6 heteroatoms. The van der Waals surface area contributed by atoms with E-state index in [-0.39, 0.29) is 5.56 Å². The molecule has 0 unspecified atom stereocenters. The second-order valence-electron chi connectivity index (χ2n) is 3.81. The van der Waals surface area contributed by atoms with Crippen LogP contribution < -0.4 is 5.32 Å². The van der Waals surface area contributed by atoms with Crippen LogP contribution in [-0.2, 0) is 0 Å². The summed E-state index contributed by atoms with van der Waals surface area (Å²) in [6.45, 7) is 1.80. The van der Waals surface area contributed by atoms with Gasteiger partial charge in [0, 0.05) is 8.95 Å². The maximum Gasteiger partial charge on any atom is 0.260 e. The summed E-state index contributed by atoms with van der Waals surface area (Å²) in [6.07, 6.45) is 0. The summed E-state index contributed by atoms with van der Waals surface area (Å²) in [4.78, 5) is 16.2. The number of rotatable bonds is 2. The van der Waals surface area contributed by atoms with Gasteiger partial charge in [0.25, 0.3) is 5.91 Å². The molecular weight excluding hydrogens is 379 g/mol. The number of benzene rings is 1. The maximum atomic E-state index is 13.6. The quantitative estimate of drug-likeness (QED) is 0.834. The highest BCUT2D eigenvalue weighted by Crippen LogP contribution is 2.21. The minimum atomic E-state index is -0.583. The highest BCUT2D eigenvalue weighted by molar-refractivity contribution is 9.10. The number of amides is 1. The minimum absolute atomic E-state index is 0.0372. The molecule has 1 amide bonds. The summed E-state index contributed by atoms with van der Waals surface area (Å²) >= 11 is 6.48. The lowest BCUT2D eigenvalue weighted by atomic mass is 10.2. The van der Waals surface area contributed by atoms with Gasteiger partial charge in [-0.1, -0.05) is 6.07 Å². The lowest BCUT2D eigenvalue weighted by molar-refractivity contribution is 0.102. The molecule has 98 valence electrons. The van der Waals surface area contributed by atoms with E-state index in [1.54, 1.807) is 25.1 Å². The molecule has 0 aliphatic heterocycles. The van der Waals surface area contributed by atoms with E-state index in [1.807, 2.05) is 0 Å². The van der Waals surface area contributed by atoms with E-state index in [1.165, 1.54) is 12.1 Å². The van der Waals surface area contributed by atoms with Gasteiger partial charge in [0.05, 0.1) is 11.3 Å². The van der Waals surface area contributed by atoms with Crippen LogP contribution in [0.25, 0.3) is 0 Å². The Bertz CT molecular complexity index is 626. The summed E-state index contributed by atoms with van der Waals surface area (Å²) < 4.78 is 14.9. The highest BCUT2D eigenvalue weighted by Gasteiger charge is 2.16. The fourth-order valence-corrected chi connectivity index (χ4v) is 2.25. The number of aryl methyl sites for hydroxylation is 1. The average molecular weight is 388 g/mol. The van der Waals surface area contributed by atoms with Crippen molar-refractivity contribution in [3.8, 4) is 0 Å². The first-order chi connectivity index (χ1) is 8.99. The molecule has 0 saturated heterocycles. The van der Waals surface area contributed by atoms with Crippen LogP contribution in [0, 0.1) is 12.7 Å². The van der Waals surface area contributed by atoms with Crippen LogP contribution in [0.5, 0.6) is 0 Å². The summed E-state index contributed by atoms with van der Waals surface area (Å²) in [5.74, 6) is -0.749. The Kier molecular flexibility index (Phi) is 4.31. The lowest BCUT2D eigenvalue weighted by Crippen LogP contribution is -2.15. The van der Waals surface area contributed by atoms with Crippen LogP contribution in [-0.4, -0.2) is 10.9 Å². The van der Waals surface area contributed by atoms with Crippen LogP contribution in [0.4, 0.5) is 10.2 Å². The molecule has 0 bridgehead atoms. The van der Waals surface area contributed by atoms with Gasteiger partial charge in [0.1, 0.15) is 11.6 Å². The van der Waals surface area contributed by atoms with Crippen LogP contribution in [0.2, 0.25) is 0 Å². The van der Waals surface area contributed by atoms with Gasteiger partial charge in [-0.05, 0) is 63.0 Å². The van der Waals surface area contributed by atoms with E-state index < -0.39 is 11.7 Å². The van der Waals surface area contributed by atoms with Crippen molar-refractivity contribution in [1.82, 2.24) is 4.98 Å². The zero-order valence-corrected chi connectivity index (χ0v) is 13.0. The van der Waals surface area contributed by atoms with Crippen LogP contribution >= 0.6 is 31.9 Å². The smallest absolute Gasteiger partial charge is 0.260 e. The first-order valence-electron chi connectivity index (χ1n) is 5.37. The van der Waals surface area contributed by atoms with Crippen molar-refractivity contribution in [1.29, 1.82) is 0 Å². The van der Waals surface area contributed by atoms with Crippen molar-refractivity contribution in [3.05, 3.63) is 56.4 Å². The number of hydrogen-bond acceptors (Lipinski definition) is 2. The summed E-state index contributed by atoms with van der Waals surface area (Å²) in [7, 11) is 0. The third kappa shape index (κ3) is 3.19. The zero-order chi connectivity index (χ0) is 14.0. The molecule has 3 nitrogen and oxygen atoms in total. The highest BCUT2D eigenvalue weighted by atomic mass is 79.9. The first kappa shape index (κ1) is 14.1. The Balaban J connectivity index is 2.28. The Morgan fingerprint density at radius 2 is 1.95 bits per heavy atom. The molecule has 1 N–H and O–H groups in total. The van der Waals surface area contributed by atoms with Gasteiger partial charge >= 0.3 is 0 Å². The number of carbonyl (C=O) groups is 1. The molecule has 0 atom stereocenters. The predicted octanol–water partition coefficient (Wildman–Crippen LogP) is 4.31. The summed E-state index contributed by atoms with van der Waals surface area (Å²) in [6, 6.07) is 7.79. The van der Waals surface area contributed by atoms with Crippen molar-refractivity contribution < 1.29 is 9.18 Å². The molecule has 19 heavy (non-hydrogen) atoms. The van der Waals surface area contributed by atoms with Crippen LogP contribution in [0.3, 0.4) is 0 Å². The zero-order valence-electron chi connectivity index (χ0n) is 9.88. The average Bonchev–Trinajstić information content (AvgIpc) is 2.33. The molecule has 1 aromatic heterocycles. The Morgan fingerprint density at radius 3 is 2.58 bits per heavy atom. The van der Waals surface area contributed by atoms with E-state index in [0.29, 0.717) is 10.3 Å². The molecule has 1 heterocycles. The molecule has 0 aliphatic rings. The number of aromatic nitrogens is 1. The molecule has 0 fully saturated rings. The van der Waals surface area contributed by atoms with Gasteiger partial charge in [-0.25, -0.2) is 9.37 Å². The van der Waals surface area contributed by atoms with Gasteiger partial charge in [-0.2, -0.15) is 0 Å². The molecule has 1 aromatic carbocycles. The number of hydrogen-bond donors (Lipinski definition) is 1. The van der Waals surface area contributed by atoms with Crippen molar-refractivity contribution in [3.63, 3.8) is 0 Å². The molecular formula is C13H9Br2FN2O. The monoisotopic (exact) mass is 386 g/mol. The van der Waals surface area contributed by atoms with E-state index in [4.69, 9.17) is 0 Å². The van der Waals surface area contributed by atoms with Gasteiger partial charge in [0.15, 0.2) is 0 Å². The molecule has 0 spiro atoms. The molecule has 0 saturated carbocycles. The number of anilines is 1. The van der Waals surface area contributed by atoms with Crippen molar-refractivity contribution in [2.24, 2.45) is 0 Å². The Labute approximate surface area is 126 Å². The number of pyridine rings is 1. The van der Waals surface area contributed by atoms with Crippen LogP contribution in [0.1, 0.15) is 16.1 Å². The van der Waals surface area contributed by atoms with E-state index in [9.17, 15) is 9.18 Å². The third-order valence-corrected chi connectivity index (χ3v) is 3.95. The number of halogens is 3. The largest absolute Gasteiger partial charge is 0.306 e. The SMILES string of the molecule is Cc1nc(NC(=O)c2c(F)cccc2Br)ccc1Br. The van der Waals surface area contributed by atoms with Crippen molar-refractivity contribution >= 4 is 43.6 Å². The van der Waals surface area contributed by atoms with Gasteiger partial charge < -0.3 is 5.32 Å². The van der Waals surface area contributed by atoms with Gasteiger partial charge in [-0.15, -0.1) is 0 Å². The predicted molar refractivity (Wildman–Crippen MR) is 78.7 cm³/mol. The van der Waals surface area contributed by atoms with Crippen LogP contribution in [0.15, 0.2) is 39.3 Å². The van der Waals surface area contributed by atoms with E-state index in [0.717, 1.165) is 10.2 Å². The van der Waals surface area contributed by atoms with Crippen molar-refractivity contribution in [2.45, 2.75) is 6.92 Å². The molecule has 2 rings (SSSR count). The summed E-state index contributed by atoms with van der Waals surface area (Å²) in [5, 5.41) is 2.57. The molecule has 2 aromatic rings. The fraction of sp³-hybridized carbons (Fsp3) is 0.0769. The number of nitrogens with one attached hydrogen (secondary N) is 1. The minimum Gasteiger partial charge on any atom is -0.306 e. The molecule has 0 aliphatic carbocycles. The number of carbonyl (C=O) groups excluding carboxylic acids is 1. The summed E-state index contributed by atoms with van der Waals surface area (Å²) in [5.41, 5.74) is 0.704. The lowest BCUT2D eigenvalue weighted by Gasteiger charge is -2.08. The third-order valence-electron chi connectivity index (χ3n) is 2.45. The Hall–Kier alpha value is -1.27. The molecule has 0 radical (unpaired) electrons. The second kappa shape index (κ2) is 5.79. The maximum absolute atomic E-state index is 13.6. The van der Waals surface area contributed by atoms with Crippen molar-refractivity contribution in [2.75, 3.05) is 5.32 Å². The second-order valence-corrected chi connectivity index (χ2v) is 5.52.